The van der Waals surface area contributed by atoms with Crippen molar-refractivity contribution in [3.63, 3.8) is 0 Å². The number of hydrogen-bond donors (Lipinski definition) is 1. The number of carbonyl (C=O) groups excluding carboxylic acids is 2. The summed E-state index contributed by atoms with van der Waals surface area (Å²) in [5.41, 5.74) is 5.53. The second-order valence-electron chi connectivity index (χ2n) is 8.04. The van der Waals surface area contributed by atoms with Crippen LogP contribution in [-0.2, 0) is 22.4 Å². The van der Waals surface area contributed by atoms with E-state index in [0.29, 0.717) is 11.4 Å². The van der Waals surface area contributed by atoms with E-state index in [-0.39, 0.29) is 10.7 Å². The Labute approximate surface area is 186 Å². The van der Waals surface area contributed by atoms with Gasteiger partial charge in [-0.1, -0.05) is 0 Å². The molecule has 1 N–H and O–H groups in total. The SMILES string of the molecule is COc1ccc(N2C(=O)/C(=C/c3cc4c5c(c3)CCCN5CCC4)C(=O)NC2=S)cc1. The first-order chi connectivity index (χ1) is 15.0. The molecular formula is C24H23N3O3S. The second kappa shape index (κ2) is 7.81. The van der Waals surface area contributed by atoms with Gasteiger partial charge >= 0.3 is 0 Å². The van der Waals surface area contributed by atoms with Crippen LogP contribution in [-0.4, -0.2) is 37.1 Å². The summed E-state index contributed by atoms with van der Waals surface area (Å²) < 4.78 is 5.19. The third-order valence-electron chi connectivity index (χ3n) is 6.10. The number of carbonyl (C=O) groups is 2. The Morgan fingerprint density at radius 1 is 1.03 bits per heavy atom. The maximum atomic E-state index is 13.3. The van der Waals surface area contributed by atoms with Crippen molar-refractivity contribution in [3.8, 4) is 5.75 Å². The summed E-state index contributed by atoms with van der Waals surface area (Å²) in [7, 11) is 1.58. The highest BCUT2D eigenvalue weighted by atomic mass is 32.1. The summed E-state index contributed by atoms with van der Waals surface area (Å²) in [6, 6.07) is 11.2. The number of rotatable bonds is 3. The molecule has 0 aliphatic carbocycles. The van der Waals surface area contributed by atoms with Gasteiger partial charge in [0, 0.05) is 18.8 Å². The lowest BCUT2D eigenvalue weighted by Crippen LogP contribution is -2.54. The van der Waals surface area contributed by atoms with Crippen LogP contribution >= 0.6 is 12.2 Å². The molecular weight excluding hydrogens is 410 g/mol. The van der Waals surface area contributed by atoms with Gasteiger partial charge in [-0.25, -0.2) is 0 Å². The van der Waals surface area contributed by atoms with Crippen molar-refractivity contribution in [2.45, 2.75) is 25.7 Å². The minimum absolute atomic E-state index is 0.0773. The van der Waals surface area contributed by atoms with Crippen molar-refractivity contribution < 1.29 is 14.3 Å². The Morgan fingerprint density at radius 3 is 2.29 bits per heavy atom. The monoisotopic (exact) mass is 433 g/mol. The van der Waals surface area contributed by atoms with Crippen molar-refractivity contribution in [1.82, 2.24) is 5.32 Å². The van der Waals surface area contributed by atoms with Crippen LogP contribution in [0.5, 0.6) is 5.75 Å². The van der Waals surface area contributed by atoms with Crippen LogP contribution in [0.3, 0.4) is 0 Å². The molecule has 6 nitrogen and oxygen atoms in total. The largest absolute Gasteiger partial charge is 0.497 e. The molecule has 0 spiro atoms. The molecule has 0 aromatic heterocycles. The smallest absolute Gasteiger partial charge is 0.270 e. The van der Waals surface area contributed by atoms with E-state index < -0.39 is 11.8 Å². The summed E-state index contributed by atoms with van der Waals surface area (Å²) in [5, 5.41) is 2.73. The van der Waals surface area contributed by atoms with Gasteiger partial charge in [-0.3, -0.25) is 19.8 Å². The van der Waals surface area contributed by atoms with Gasteiger partial charge in [-0.15, -0.1) is 0 Å². The molecule has 31 heavy (non-hydrogen) atoms. The molecule has 3 aliphatic rings. The van der Waals surface area contributed by atoms with Crippen LogP contribution in [0, 0.1) is 0 Å². The molecule has 158 valence electrons. The highest BCUT2D eigenvalue weighted by molar-refractivity contribution is 7.80. The predicted octanol–water partition coefficient (Wildman–Crippen LogP) is 3.23. The highest BCUT2D eigenvalue weighted by Gasteiger charge is 2.34. The molecule has 2 aromatic carbocycles. The van der Waals surface area contributed by atoms with Gasteiger partial charge in [0.2, 0.25) is 0 Å². The number of nitrogens with one attached hydrogen (secondary N) is 1. The summed E-state index contributed by atoms with van der Waals surface area (Å²) in [5.74, 6) is -0.212. The number of methoxy groups -OCH3 is 1. The van der Waals surface area contributed by atoms with Crippen LogP contribution in [0.4, 0.5) is 11.4 Å². The molecule has 1 fully saturated rings. The molecule has 3 heterocycles. The molecule has 0 saturated carbocycles. The summed E-state index contributed by atoms with van der Waals surface area (Å²) in [4.78, 5) is 29.8. The van der Waals surface area contributed by atoms with Gasteiger partial charge < -0.3 is 9.64 Å². The van der Waals surface area contributed by atoms with Crippen molar-refractivity contribution in [3.05, 3.63) is 58.7 Å². The number of amides is 2. The molecule has 5 rings (SSSR count). The van der Waals surface area contributed by atoms with E-state index in [2.05, 4.69) is 22.3 Å². The van der Waals surface area contributed by atoms with E-state index >= 15 is 0 Å². The molecule has 3 aliphatic heterocycles. The average Bonchev–Trinajstić information content (AvgIpc) is 2.77. The molecule has 0 unspecified atom stereocenters. The fourth-order valence-corrected chi connectivity index (χ4v) is 4.98. The number of nitrogens with zero attached hydrogens (tertiary/aromatic N) is 2. The van der Waals surface area contributed by atoms with Gasteiger partial charge in [-0.05, 0) is 97.1 Å². The Kier molecular flexibility index (Phi) is 4.98. The third-order valence-corrected chi connectivity index (χ3v) is 6.38. The maximum absolute atomic E-state index is 13.3. The Balaban J connectivity index is 1.52. The van der Waals surface area contributed by atoms with Crippen molar-refractivity contribution in [2.75, 3.05) is 30.0 Å². The number of hydrogen-bond acceptors (Lipinski definition) is 5. The Morgan fingerprint density at radius 2 is 1.68 bits per heavy atom. The first-order valence-electron chi connectivity index (χ1n) is 10.5. The van der Waals surface area contributed by atoms with Crippen LogP contribution in [0.15, 0.2) is 42.0 Å². The minimum Gasteiger partial charge on any atom is -0.497 e. The number of ether oxygens (including phenoxy) is 1. The van der Waals surface area contributed by atoms with Crippen molar-refractivity contribution in [2.24, 2.45) is 0 Å². The van der Waals surface area contributed by atoms with Crippen molar-refractivity contribution >= 4 is 46.6 Å². The number of aryl methyl sites for hydroxylation is 2. The summed E-state index contributed by atoms with van der Waals surface area (Å²) in [6.45, 7) is 2.21. The zero-order valence-electron chi connectivity index (χ0n) is 17.3. The fourth-order valence-electron chi connectivity index (χ4n) is 4.70. The van der Waals surface area contributed by atoms with Crippen LogP contribution in [0.2, 0.25) is 0 Å². The molecule has 2 aromatic rings. The zero-order valence-corrected chi connectivity index (χ0v) is 18.1. The van der Waals surface area contributed by atoms with Crippen LogP contribution < -0.4 is 19.9 Å². The molecule has 0 bridgehead atoms. The standard InChI is InChI=1S/C24H23N3O3S/c1-30-19-8-6-18(7-9-19)27-23(29)20(22(28)25-24(27)31)14-15-12-16-4-2-10-26-11-3-5-17(13-15)21(16)26/h6-9,12-14H,2-5,10-11H2,1H3,(H,25,28,31)/b20-14+. The zero-order chi connectivity index (χ0) is 21.5. The predicted molar refractivity (Wildman–Crippen MR) is 124 cm³/mol. The first-order valence-corrected chi connectivity index (χ1v) is 10.9. The third kappa shape index (κ3) is 3.49. The van der Waals surface area contributed by atoms with E-state index in [1.165, 1.54) is 21.7 Å². The lowest BCUT2D eigenvalue weighted by atomic mass is 9.89. The van der Waals surface area contributed by atoms with Gasteiger partial charge in [0.05, 0.1) is 12.8 Å². The molecule has 0 radical (unpaired) electrons. The van der Waals surface area contributed by atoms with Crippen molar-refractivity contribution in [1.29, 1.82) is 0 Å². The van der Waals surface area contributed by atoms with Gasteiger partial charge in [0.25, 0.3) is 11.8 Å². The maximum Gasteiger partial charge on any atom is 0.270 e. The lowest BCUT2D eigenvalue weighted by molar-refractivity contribution is -0.122. The van der Waals surface area contributed by atoms with E-state index in [1.807, 2.05) is 0 Å². The van der Waals surface area contributed by atoms with Crippen LogP contribution in [0.25, 0.3) is 6.08 Å². The fraction of sp³-hybridized carbons (Fsp3) is 0.292. The molecule has 1 saturated heterocycles. The second-order valence-corrected chi connectivity index (χ2v) is 8.42. The quantitative estimate of drug-likeness (QED) is 0.458. The Hall–Kier alpha value is -3.19. The normalized spacial score (nSPS) is 19.4. The van der Waals surface area contributed by atoms with Crippen LogP contribution in [0.1, 0.15) is 29.5 Å². The lowest BCUT2D eigenvalue weighted by Gasteiger charge is -2.37. The highest BCUT2D eigenvalue weighted by Crippen LogP contribution is 2.36. The topological polar surface area (TPSA) is 61.9 Å². The number of anilines is 2. The number of benzene rings is 2. The summed E-state index contributed by atoms with van der Waals surface area (Å²) >= 11 is 5.29. The van der Waals surface area contributed by atoms with E-state index in [0.717, 1.165) is 44.3 Å². The van der Waals surface area contributed by atoms with E-state index in [9.17, 15) is 9.59 Å². The molecule has 2 amide bonds. The molecule has 0 atom stereocenters. The minimum atomic E-state index is -0.465. The first kappa shape index (κ1) is 19.8. The van der Waals surface area contributed by atoms with Gasteiger partial charge in [0.15, 0.2) is 5.11 Å². The van der Waals surface area contributed by atoms with E-state index in [1.54, 1.807) is 37.5 Å². The molecule has 7 heteroatoms. The van der Waals surface area contributed by atoms with E-state index in [4.69, 9.17) is 17.0 Å². The van der Waals surface area contributed by atoms with Gasteiger partial charge in [-0.2, -0.15) is 0 Å². The summed E-state index contributed by atoms with van der Waals surface area (Å²) in [6.07, 6.45) is 6.01. The van der Waals surface area contributed by atoms with Gasteiger partial charge in [0.1, 0.15) is 11.3 Å². The average molecular weight is 434 g/mol. The number of thiocarbonyl (C=S) groups is 1. The Bertz CT molecular complexity index is 1090.